The molecular formula is C22H20ClN3O4S. The van der Waals surface area contributed by atoms with Crippen molar-refractivity contribution in [1.82, 2.24) is 9.97 Å². The molecule has 1 aromatic heterocycles. The van der Waals surface area contributed by atoms with Crippen LogP contribution < -0.4 is 20.3 Å². The zero-order valence-corrected chi connectivity index (χ0v) is 18.5. The van der Waals surface area contributed by atoms with E-state index in [2.05, 4.69) is 15.3 Å². The normalized spacial score (nSPS) is 15.2. The maximum Gasteiger partial charge on any atom is 0.257 e. The van der Waals surface area contributed by atoms with Crippen LogP contribution in [0.15, 0.2) is 52.4 Å². The SMILES string of the molecule is COc1ccc([C@H]2CC(=O)Nc3nc(SCc4ccc(Cl)cc4)[nH]c(=O)c32)cc1OC. The predicted octanol–water partition coefficient (Wildman–Crippen LogP) is 4.21. The molecule has 0 aliphatic carbocycles. The molecule has 2 heterocycles. The van der Waals surface area contributed by atoms with Gasteiger partial charge in [0.25, 0.3) is 5.56 Å². The van der Waals surface area contributed by atoms with Crippen molar-refractivity contribution in [3.63, 3.8) is 0 Å². The summed E-state index contributed by atoms with van der Waals surface area (Å²) in [7, 11) is 3.10. The summed E-state index contributed by atoms with van der Waals surface area (Å²) in [6.07, 6.45) is 0.143. The van der Waals surface area contributed by atoms with Crippen LogP contribution in [0.5, 0.6) is 11.5 Å². The predicted molar refractivity (Wildman–Crippen MR) is 121 cm³/mol. The Labute approximate surface area is 188 Å². The third-order valence-electron chi connectivity index (χ3n) is 5.03. The first-order chi connectivity index (χ1) is 15.0. The average molecular weight is 458 g/mol. The average Bonchev–Trinajstić information content (AvgIpc) is 2.77. The first-order valence-electron chi connectivity index (χ1n) is 9.51. The van der Waals surface area contributed by atoms with E-state index in [-0.39, 0.29) is 17.9 Å². The molecule has 0 spiro atoms. The number of nitrogens with one attached hydrogen (secondary N) is 2. The second-order valence-electron chi connectivity index (χ2n) is 6.97. The second kappa shape index (κ2) is 9.03. The number of carbonyl (C=O) groups is 1. The summed E-state index contributed by atoms with van der Waals surface area (Å²) < 4.78 is 10.7. The summed E-state index contributed by atoms with van der Waals surface area (Å²) in [5, 5.41) is 3.84. The van der Waals surface area contributed by atoms with E-state index in [1.807, 2.05) is 30.3 Å². The fourth-order valence-corrected chi connectivity index (χ4v) is 4.45. The molecule has 31 heavy (non-hydrogen) atoms. The molecule has 1 atom stereocenters. The van der Waals surface area contributed by atoms with E-state index in [9.17, 15) is 9.59 Å². The molecule has 9 heteroatoms. The number of fused-ring (bicyclic) bond motifs is 1. The van der Waals surface area contributed by atoms with Crippen LogP contribution in [0, 0.1) is 0 Å². The van der Waals surface area contributed by atoms with Crippen molar-refractivity contribution < 1.29 is 14.3 Å². The lowest BCUT2D eigenvalue weighted by molar-refractivity contribution is -0.116. The number of carbonyl (C=O) groups excluding carboxylic acids is 1. The number of hydrogen-bond acceptors (Lipinski definition) is 6. The summed E-state index contributed by atoms with van der Waals surface area (Å²) in [6, 6.07) is 12.8. The van der Waals surface area contributed by atoms with Crippen LogP contribution >= 0.6 is 23.4 Å². The first-order valence-corrected chi connectivity index (χ1v) is 10.9. The molecule has 4 rings (SSSR count). The first kappa shape index (κ1) is 21.3. The van der Waals surface area contributed by atoms with Gasteiger partial charge in [0, 0.05) is 23.1 Å². The number of aromatic amines is 1. The number of hydrogen-bond donors (Lipinski definition) is 2. The number of aromatic nitrogens is 2. The highest BCUT2D eigenvalue weighted by Crippen LogP contribution is 2.38. The number of rotatable bonds is 6. The van der Waals surface area contributed by atoms with E-state index in [0.717, 1.165) is 11.1 Å². The fourth-order valence-electron chi connectivity index (χ4n) is 3.51. The smallest absolute Gasteiger partial charge is 0.257 e. The topological polar surface area (TPSA) is 93.3 Å². The number of halogens is 1. The summed E-state index contributed by atoms with van der Waals surface area (Å²) in [6.45, 7) is 0. The Balaban J connectivity index is 1.65. The third kappa shape index (κ3) is 4.55. The minimum absolute atomic E-state index is 0.143. The summed E-state index contributed by atoms with van der Waals surface area (Å²) in [5.74, 6) is 1.37. The summed E-state index contributed by atoms with van der Waals surface area (Å²) >= 11 is 7.30. The van der Waals surface area contributed by atoms with Crippen LogP contribution in [0.2, 0.25) is 5.02 Å². The maximum absolute atomic E-state index is 13.0. The van der Waals surface area contributed by atoms with Crippen LogP contribution in [0.4, 0.5) is 5.82 Å². The molecule has 1 aliphatic rings. The van der Waals surface area contributed by atoms with Gasteiger partial charge >= 0.3 is 0 Å². The van der Waals surface area contributed by atoms with E-state index < -0.39 is 5.92 Å². The van der Waals surface area contributed by atoms with Crippen LogP contribution in [-0.2, 0) is 10.5 Å². The molecule has 0 unspecified atom stereocenters. The number of anilines is 1. The van der Waals surface area contributed by atoms with E-state index in [1.165, 1.54) is 11.8 Å². The highest BCUT2D eigenvalue weighted by molar-refractivity contribution is 7.98. The van der Waals surface area contributed by atoms with Crippen molar-refractivity contribution in [2.24, 2.45) is 0 Å². The number of methoxy groups -OCH3 is 2. The molecule has 3 aromatic rings. The molecule has 1 amide bonds. The van der Waals surface area contributed by atoms with Crippen LogP contribution in [-0.4, -0.2) is 30.1 Å². The number of benzene rings is 2. The molecule has 2 aromatic carbocycles. The molecule has 160 valence electrons. The highest BCUT2D eigenvalue weighted by Gasteiger charge is 2.31. The van der Waals surface area contributed by atoms with Crippen molar-refractivity contribution in [3.05, 3.63) is 74.5 Å². The van der Waals surface area contributed by atoms with Gasteiger partial charge in [-0.25, -0.2) is 4.98 Å². The van der Waals surface area contributed by atoms with Crippen molar-refractivity contribution in [1.29, 1.82) is 0 Å². The number of nitrogens with zero attached hydrogens (tertiary/aromatic N) is 1. The monoisotopic (exact) mass is 457 g/mol. The number of thioether (sulfide) groups is 1. The van der Waals surface area contributed by atoms with Gasteiger partial charge < -0.3 is 19.8 Å². The molecule has 0 radical (unpaired) electrons. The Morgan fingerprint density at radius 3 is 2.55 bits per heavy atom. The fraction of sp³-hybridized carbons (Fsp3) is 0.227. The Morgan fingerprint density at radius 2 is 1.84 bits per heavy atom. The van der Waals surface area contributed by atoms with Crippen molar-refractivity contribution in [2.45, 2.75) is 23.2 Å². The van der Waals surface area contributed by atoms with Crippen molar-refractivity contribution in [3.8, 4) is 11.5 Å². The molecule has 1 aliphatic heterocycles. The molecule has 0 saturated heterocycles. The zero-order chi connectivity index (χ0) is 22.0. The van der Waals surface area contributed by atoms with Gasteiger partial charge in [-0.05, 0) is 35.4 Å². The van der Waals surface area contributed by atoms with Gasteiger partial charge in [0.15, 0.2) is 16.7 Å². The molecule has 0 saturated carbocycles. The van der Waals surface area contributed by atoms with Gasteiger partial charge in [0.1, 0.15) is 5.82 Å². The van der Waals surface area contributed by atoms with Gasteiger partial charge in [0.2, 0.25) is 5.91 Å². The van der Waals surface area contributed by atoms with Gasteiger partial charge in [-0.1, -0.05) is 41.6 Å². The Hall–Kier alpha value is -2.97. The largest absolute Gasteiger partial charge is 0.493 e. The summed E-state index contributed by atoms with van der Waals surface area (Å²) in [5.41, 5.74) is 1.98. The Kier molecular flexibility index (Phi) is 6.20. The van der Waals surface area contributed by atoms with E-state index >= 15 is 0 Å². The lowest BCUT2D eigenvalue weighted by atomic mass is 9.86. The van der Waals surface area contributed by atoms with Gasteiger partial charge in [-0.3, -0.25) is 9.59 Å². The van der Waals surface area contributed by atoms with Crippen molar-refractivity contribution in [2.75, 3.05) is 19.5 Å². The quantitative estimate of drug-likeness (QED) is 0.425. The van der Waals surface area contributed by atoms with Gasteiger partial charge in [-0.2, -0.15) is 0 Å². The molecule has 0 fully saturated rings. The van der Waals surface area contributed by atoms with Crippen molar-refractivity contribution >= 4 is 35.1 Å². The molecular weight excluding hydrogens is 438 g/mol. The van der Waals surface area contributed by atoms with Crippen LogP contribution in [0.25, 0.3) is 0 Å². The lowest BCUT2D eigenvalue weighted by Crippen LogP contribution is -2.31. The van der Waals surface area contributed by atoms with Gasteiger partial charge in [-0.15, -0.1) is 0 Å². The maximum atomic E-state index is 13.0. The standard InChI is InChI=1S/C22H20ClN3O4S/c1-29-16-8-5-13(9-17(16)30-2)15-10-18(27)24-20-19(15)21(28)26-22(25-20)31-11-12-3-6-14(23)7-4-12/h3-9,15H,10-11H2,1-2H3,(H2,24,25,26,27,28)/t15-/m1/s1. The summed E-state index contributed by atoms with van der Waals surface area (Å²) in [4.78, 5) is 32.7. The molecule has 0 bridgehead atoms. The molecule has 2 N–H and O–H groups in total. The Morgan fingerprint density at radius 1 is 1.10 bits per heavy atom. The van der Waals surface area contributed by atoms with Crippen LogP contribution in [0.1, 0.15) is 29.0 Å². The number of H-pyrrole nitrogens is 1. The number of amides is 1. The van der Waals surface area contributed by atoms with Gasteiger partial charge in [0.05, 0.1) is 19.8 Å². The Bertz CT molecular complexity index is 1180. The highest BCUT2D eigenvalue weighted by atomic mass is 35.5. The lowest BCUT2D eigenvalue weighted by Gasteiger charge is -2.25. The van der Waals surface area contributed by atoms with Crippen LogP contribution in [0.3, 0.4) is 0 Å². The van der Waals surface area contributed by atoms with E-state index in [1.54, 1.807) is 26.4 Å². The molecule has 7 nitrogen and oxygen atoms in total. The zero-order valence-electron chi connectivity index (χ0n) is 16.9. The third-order valence-corrected chi connectivity index (χ3v) is 6.22. The van der Waals surface area contributed by atoms with E-state index in [4.69, 9.17) is 21.1 Å². The minimum atomic E-state index is -0.435. The van der Waals surface area contributed by atoms with E-state index in [0.29, 0.717) is 38.8 Å². The minimum Gasteiger partial charge on any atom is -0.493 e. The second-order valence-corrected chi connectivity index (χ2v) is 8.37. The number of ether oxygens (including phenoxy) is 2.